The molecule has 3 amide bonds. The minimum Gasteiger partial charge on any atom is -0.493 e. The van der Waals surface area contributed by atoms with E-state index in [0.29, 0.717) is 70.6 Å². The molecule has 0 aliphatic carbocycles. The lowest BCUT2D eigenvalue weighted by atomic mass is 9.85. The Morgan fingerprint density at radius 1 is 0.922 bits per heavy atom. The summed E-state index contributed by atoms with van der Waals surface area (Å²) in [6.45, 7) is 13.8. The molecular formula is C39H47Cl3N6O3. The Labute approximate surface area is 317 Å². The molecule has 3 aromatic rings. The molecular weight excluding hydrogens is 707 g/mol. The molecule has 1 fully saturated rings. The number of rotatable bonds is 8. The number of carbonyl (C=O) groups is 2. The third-order valence-corrected chi connectivity index (χ3v) is 9.60. The summed E-state index contributed by atoms with van der Waals surface area (Å²) >= 11 is 19.6. The van der Waals surface area contributed by atoms with Crippen molar-refractivity contribution in [1.29, 1.82) is 5.26 Å². The normalized spacial score (nSPS) is 18.1. The maximum atomic E-state index is 14.9. The Morgan fingerprint density at radius 3 is 2.02 bits per heavy atom. The van der Waals surface area contributed by atoms with Crippen molar-refractivity contribution in [1.82, 2.24) is 20.0 Å². The molecule has 1 N–H and O–H groups in total. The zero-order valence-electron chi connectivity index (χ0n) is 29.3. The van der Waals surface area contributed by atoms with Gasteiger partial charge in [-0.25, -0.2) is 4.79 Å². The van der Waals surface area contributed by atoms with Crippen LogP contribution in [0, 0.1) is 11.3 Å². The lowest BCUT2D eigenvalue weighted by Crippen LogP contribution is -2.56. The van der Waals surface area contributed by atoms with Crippen molar-refractivity contribution in [2.75, 3.05) is 39.3 Å². The molecule has 2 heterocycles. The van der Waals surface area contributed by atoms with Crippen molar-refractivity contribution in [2.24, 2.45) is 4.99 Å². The van der Waals surface area contributed by atoms with Gasteiger partial charge in [0.1, 0.15) is 17.6 Å². The number of amidine groups is 1. The SMILES string of the molecule is C.CCOc1cc(C(C)(C)C#N)c(Cl)cc1C1=N[C@@H](c2ccc(Cl)cc2)[C@@H](c2ccc(Cl)cc2)N1C(=O)N1CCN(CC(=O)NC(C)(C)C)CC1. The number of nitriles is 1. The van der Waals surface area contributed by atoms with Gasteiger partial charge >= 0.3 is 6.03 Å². The molecule has 0 saturated carbocycles. The molecule has 272 valence electrons. The van der Waals surface area contributed by atoms with Crippen molar-refractivity contribution in [2.45, 2.75) is 72.0 Å². The highest BCUT2D eigenvalue weighted by atomic mass is 35.5. The molecule has 2 aliphatic rings. The summed E-state index contributed by atoms with van der Waals surface area (Å²) < 4.78 is 6.18. The lowest BCUT2D eigenvalue weighted by Gasteiger charge is -2.39. The number of urea groups is 1. The molecule has 3 aromatic carbocycles. The van der Waals surface area contributed by atoms with Crippen LogP contribution >= 0.6 is 34.8 Å². The van der Waals surface area contributed by atoms with Crippen molar-refractivity contribution in [3.63, 3.8) is 0 Å². The van der Waals surface area contributed by atoms with Gasteiger partial charge in [0.05, 0.1) is 36.2 Å². The smallest absolute Gasteiger partial charge is 0.326 e. The zero-order chi connectivity index (χ0) is 36.4. The first-order chi connectivity index (χ1) is 23.6. The Morgan fingerprint density at radius 2 is 1.49 bits per heavy atom. The second kappa shape index (κ2) is 16.2. The maximum absolute atomic E-state index is 14.9. The lowest BCUT2D eigenvalue weighted by molar-refractivity contribution is -0.124. The third-order valence-electron chi connectivity index (χ3n) is 8.78. The number of piperazine rings is 1. The number of amides is 3. The second-order valence-electron chi connectivity index (χ2n) is 14.2. The summed E-state index contributed by atoms with van der Waals surface area (Å²) in [6.07, 6.45) is 0. The summed E-state index contributed by atoms with van der Waals surface area (Å²) in [5, 5.41) is 14.5. The summed E-state index contributed by atoms with van der Waals surface area (Å²) in [5.74, 6) is 0.810. The number of nitrogens with one attached hydrogen (secondary N) is 1. The van der Waals surface area contributed by atoms with E-state index in [1.807, 2.05) is 64.1 Å². The van der Waals surface area contributed by atoms with Gasteiger partial charge < -0.3 is 15.0 Å². The highest BCUT2D eigenvalue weighted by Gasteiger charge is 2.45. The summed E-state index contributed by atoms with van der Waals surface area (Å²) in [6, 6.07) is 19.4. The fraction of sp³-hybridized carbons (Fsp3) is 0.436. The van der Waals surface area contributed by atoms with E-state index in [2.05, 4.69) is 16.3 Å². The van der Waals surface area contributed by atoms with Gasteiger partial charge in [-0.15, -0.1) is 0 Å². The van der Waals surface area contributed by atoms with Crippen LogP contribution in [0.3, 0.4) is 0 Å². The number of benzene rings is 3. The Bertz CT molecular complexity index is 1790. The van der Waals surface area contributed by atoms with E-state index in [9.17, 15) is 14.9 Å². The van der Waals surface area contributed by atoms with Crippen molar-refractivity contribution in [3.8, 4) is 11.8 Å². The monoisotopic (exact) mass is 752 g/mol. The first kappa shape index (κ1) is 40.0. The molecule has 0 spiro atoms. The van der Waals surface area contributed by atoms with Crippen LogP contribution in [-0.4, -0.2) is 77.3 Å². The molecule has 2 atom stereocenters. The molecule has 0 aromatic heterocycles. The van der Waals surface area contributed by atoms with Crippen LogP contribution < -0.4 is 10.1 Å². The number of carbonyl (C=O) groups excluding carboxylic acids is 2. The van der Waals surface area contributed by atoms with Gasteiger partial charge in [0.15, 0.2) is 0 Å². The highest BCUT2D eigenvalue weighted by Crippen LogP contribution is 2.46. The fourth-order valence-electron chi connectivity index (χ4n) is 6.31. The summed E-state index contributed by atoms with van der Waals surface area (Å²) in [7, 11) is 0. The van der Waals surface area contributed by atoms with Crippen LogP contribution in [0.2, 0.25) is 15.1 Å². The molecule has 5 rings (SSSR count). The third kappa shape index (κ3) is 9.17. The van der Waals surface area contributed by atoms with Crippen LogP contribution in [0.5, 0.6) is 5.75 Å². The number of hydrogen-bond donors (Lipinski definition) is 1. The van der Waals surface area contributed by atoms with E-state index in [0.717, 1.165) is 11.1 Å². The topological polar surface area (TPSA) is 101 Å². The van der Waals surface area contributed by atoms with Gasteiger partial charge in [0.2, 0.25) is 5.91 Å². The van der Waals surface area contributed by atoms with Gasteiger partial charge in [-0.05, 0) is 94.6 Å². The average Bonchev–Trinajstić information content (AvgIpc) is 3.45. The molecule has 0 radical (unpaired) electrons. The zero-order valence-corrected chi connectivity index (χ0v) is 31.5. The quantitative estimate of drug-likeness (QED) is 0.248. The Kier molecular flexibility index (Phi) is 12.7. The summed E-state index contributed by atoms with van der Waals surface area (Å²) in [4.78, 5) is 38.4. The van der Waals surface area contributed by atoms with E-state index in [-0.39, 0.29) is 31.4 Å². The molecule has 51 heavy (non-hydrogen) atoms. The molecule has 0 bridgehead atoms. The Balaban J connectivity index is 0.00000583. The van der Waals surface area contributed by atoms with E-state index in [1.165, 1.54) is 0 Å². The van der Waals surface area contributed by atoms with Crippen LogP contribution in [-0.2, 0) is 10.2 Å². The highest BCUT2D eigenvalue weighted by molar-refractivity contribution is 6.32. The average molecular weight is 754 g/mol. The standard InChI is InChI=1S/C38H43Cl3N6O3.CH4/c1-7-50-31-21-29(38(5,6)23-42)30(41)20-28(31)35-43-33(24-8-12-26(39)13-9-24)34(25-10-14-27(40)15-11-25)47(35)36(49)46-18-16-45(17-19-46)22-32(48)44-37(2,3)4;/h8-15,20-21,33-34H,7,16-19,22H2,1-6H3,(H,44,48);1H4/t33-,34+;/m0./s1. The molecule has 1 saturated heterocycles. The van der Waals surface area contributed by atoms with E-state index in [4.69, 9.17) is 44.5 Å². The van der Waals surface area contributed by atoms with E-state index < -0.39 is 17.5 Å². The van der Waals surface area contributed by atoms with Crippen LogP contribution in [0.4, 0.5) is 4.79 Å². The Hall–Kier alpha value is -3.81. The second-order valence-corrected chi connectivity index (χ2v) is 15.4. The largest absolute Gasteiger partial charge is 0.493 e. The van der Waals surface area contributed by atoms with Gasteiger partial charge in [-0.1, -0.05) is 66.5 Å². The number of hydrogen-bond acceptors (Lipinski definition) is 6. The van der Waals surface area contributed by atoms with Crippen molar-refractivity contribution in [3.05, 3.63) is 98.0 Å². The van der Waals surface area contributed by atoms with Crippen LogP contribution in [0.25, 0.3) is 0 Å². The first-order valence-corrected chi connectivity index (χ1v) is 17.8. The predicted molar refractivity (Wildman–Crippen MR) is 206 cm³/mol. The van der Waals surface area contributed by atoms with Crippen molar-refractivity contribution < 1.29 is 14.3 Å². The minimum absolute atomic E-state index is 0. The molecule has 9 nitrogen and oxygen atoms in total. The van der Waals surface area contributed by atoms with Crippen molar-refractivity contribution >= 4 is 52.6 Å². The molecule has 12 heteroatoms. The summed E-state index contributed by atoms with van der Waals surface area (Å²) in [5.41, 5.74) is 1.63. The predicted octanol–water partition coefficient (Wildman–Crippen LogP) is 8.68. The van der Waals surface area contributed by atoms with E-state index in [1.54, 1.807) is 47.9 Å². The van der Waals surface area contributed by atoms with Crippen LogP contribution in [0.1, 0.15) is 83.3 Å². The number of nitrogens with zero attached hydrogens (tertiary/aromatic N) is 5. The van der Waals surface area contributed by atoms with Gasteiger partial charge in [-0.2, -0.15) is 5.26 Å². The maximum Gasteiger partial charge on any atom is 0.326 e. The van der Waals surface area contributed by atoms with Crippen LogP contribution in [0.15, 0.2) is 65.7 Å². The fourth-order valence-corrected chi connectivity index (χ4v) is 6.96. The van der Waals surface area contributed by atoms with E-state index >= 15 is 0 Å². The van der Waals surface area contributed by atoms with Gasteiger partial charge in [0.25, 0.3) is 0 Å². The number of aliphatic imine (C=N–C) groups is 1. The minimum atomic E-state index is -0.893. The first-order valence-electron chi connectivity index (χ1n) is 16.7. The number of ether oxygens (including phenoxy) is 1. The molecule has 0 unspecified atom stereocenters. The molecule has 2 aliphatic heterocycles. The van der Waals surface area contributed by atoms with Gasteiger partial charge in [-0.3, -0.25) is 19.6 Å². The number of halogens is 3. The van der Waals surface area contributed by atoms with Gasteiger partial charge in [0, 0.05) is 46.8 Å².